The van der Waals surface area contributed by atoms with Gasteiger partial charge in [-0.2, -0.15) is 0 Å². The smallest absolute Gasteiger partial charge is 0.414 e. The molecule has 0 atom stereocenters. The van der Waals surface area contributed by atoms with E-state index in [0.29, 0.717) is 13.2 Å². The number of carbonyl (C=O) groups is 1. The van der Waals surface area contributed by atoms with Crippen LogP contribution >= 0.6 is 0 Å². The number of para-hydroxylation sites is 2. The molecular formula is C15H13N3O3. The predicted molar refractivity (Wildman–Crippen MR) is 76.9 cm³/mol. The number of benzene rings is 2. The summed E-state index contributed by atoms with van der Waals surface area (Å²) in [4.78, 5) is 12.7. The molecule has 6 nitrogen and oxygen atoms in total. The fourth-order valence-electron chi connectivity index (χ4n) is 1.96. The zero-order valence-corrected chi connectivity index (χ0v) is 11.2. The summed E-state index contributed by atoms with van der Waals surface area (Å²) in [6, 6.07) is 17.0. The van der Waals surface area contributed by atoms with Crippen molar-refractivity contribution >= 4 is 22.9 Å². The SMILES string of the molecule is O=C1OCCN1c1ccccc1.c1ccc2onnc2c1. The van der Waals surface area contributed by atoms with Gasteiger partial charge in [-0.1, -0.05) is 30.3 Å². The maximum atomic E-state index is 11.1. The Labute approximate surface area is 120 Å². The van der Waals surface area contributed by atoms with E-state index >= 15 is 0 Å². The number of ether oxygens (including phenoxy) is 1. The van der Waals surface area contributed by atoms with E-state index in [1.807, 2.05) is 54.6 Å². The van der Waals surface area contributed by atoms with Gasteiger partial charge >= 0.3 is 6.09 Å². The van der Waals surface area contributed by atoms with Gasteiger partial charge in [0.15, 0.2) is 5.58 Å². The number of nitrogens with zero attached hydrogens (tertiary/aromatic N) is 3. The molecule has 0 bridgehead atoms. The van der Waals surface area contributed by atoms with Crippen LogP contribution in [0.5, 0.6) is 0 Å². The summed E-state index contributed by atoms with van der Waals surface area (Å²) >= 11 is 0. The lowest BCUT2D eigenvalue weighted by molar-refractivity contribution is 0.181. The van der Waals surface area contributed by atoms with E-state index in [0.717, 1.165) is 16.8 Å². The second-order valence-electron chi connectivity index (χ2n) is 4.34. The van der Waals surface area contributed by atoms with Crippen molar-refractivity contribution in [2.24, 2.45) is 0 Å². The largest absolute Gasteiger partial charge is 0.447 e. The van der Waals surface area contributed by atoms with Crippen LogP contribution in [0.4, 0.5) is 10.5 Å². The fraction of sp³-hybridized carbons (Fsp3) is 0.133. The Morgan fingerprint density at radius 3 is 2.48 bits per heavy atom. The molecule has 21 heavy (non-hydrogen) atoms. The maximum Gasteiger partial charge on any atom is 0.414 e. The molecule has 1 fully saturated rings. The Kier molecular flexibility index (Phi) is 3.77. The van der Waals surface area contributed by atoms with Crippen molar-refractivity contribution in [1.82, 2.24) is 10.4 Å². The van der Waals surface area contributed by atoms with E-state index < -0.39 is 0 Å². The van der Waals surface area contributed by atoms with Crippen LogP contribution in [0.1, 0.15) is 0 Å². The van der Waals surface area contributed by atoms with Crippen molar-refractivity contribution < 1.29 is 14.1 Å². The molecule has 0 saturated carbocycles. The third-order valence-electron chi connectivity index (χ3n) is 2.98. The predicted octanol–water partition coefficient (Wildman–Crippen LogP) is 2.87. The van der Waals surface area contributed by atoms with Crippen LogP contribution in [0.3, 0.4) is 0 Å². The van der Waals surface area contributed by atoms with Crippen LogP contribution in [0.15, 0.2) is 59.1 Å². The van der Waals surface area contributed by atoms with Crippen molar-refractivity contribution in [2.75, 3.05) is 18.1 Å². The monoisotopic (exact) mass is 283 g/mol. The van der Waals surface area contributed by atoms with Crippen molar-refractivity contribution in [3.63, 3.8) is 0 Å². The molecule has 4 rings (SSSR count). The average Bonchev–Trinajstić information content (AvgIpc) is 3.17. The molecule has 0 N–H and O–H groups in total. The molecule has 1 aliphatic heterocycles. The summed E-state index contributed by atoms with van der Waals surface area (Å²) in [7, 11) is 0. The number of aromatic nitrogens is 2. The Hall–Kier alpha value is -2.89. The minimum Gasteiger partial charge on any atom is -0.447 e. The molecule has 1 aliphatic rings. The minimum absolute atomic E-state index is 0.249. The summed E-state index contributed by atoms with van der Waals surface area (Å²) in [5.41, 5.74) is 2.44. The summed E-state index contributed by atoms with van der Waals surface area (Å²) in [5.74, 6) is 0. The second kappa shape index (κ2) is 6.04. The highest BCUT2D eigenvalue weighted by Crippen LogP contribution is 2.17. The molecule has 1 aromatic heterocycles. The summed E-state index contributed by atoms with van der Waals surface area (Å²) in [6.45, 7) is 1.15. The number of rotatable bonds is 1. The second-order valence-corrected chi connectivity index (χ2v) is 4.34. The van der Waals surface area contributed by atoms with Gasteiger partial charge in [-0.3, -0.25) is 4.90 Å². The standard InChI is InChI=1S/C9H9NO2.C6H4N2O/c11-9-10(6-7-12-9)8-4-2-1-3-5-8;1-2-4-6-5(3-1)7-8-9-6/h1-5H,6-7H2;1-4H. The molecule has 2 aromatic carbocycles. The lowest BCUT2D eigenvalue weighted by Crippen LogP contribution is -2.22. The summed E-state index contributed by atoms with van der Waals surface area (Å²) in [6.07, 6.45) is -0.249. The molecule has 0 unspecified atom stereocenters. The zero-order valence-electron chi connectivity index (χ0n) is 11.2. The minimum atomic E-state index is -0.249. The topological polar surface area (TPSA) is 68.5 Å². The van der Waals surface area contributed by atoms with Crippen LogP contribution in [0.2, 0.25) is 0 Å². The zero-order chi connectivity index (χ0) is 14.5. The summed E-state index contributed by atoms with van der Waals surface area (Å²) < 4.78 is 9.56. The van der Waals surface area contributed by atoms with Gasteiger partial charge in [-0.15, -0.1) is 5.10 Å². The number of hydrogen-bond acceptors (Lipinski definition) is 5. The summed E-state index contributed by atoms with van der Waals surface area (Å²) in [5, 5.41) is 7.08. The van der Waals surface area contributed by atoms with E-state index in [2.05, 4.69) is 10.4 Å². The number of anilines is 1. The third kappa shape index (κ3) is 3.00. The lowest BCUT2D eigenvalue weighted by Gasteiger charge is -2.11. The van der Waals surface area contributed by atoms with Crippen molar-refractivity contribution in [2.45, 2.75) is 0 Å². The highest BCUT2D eigenvalue weighted by molar-refractivity contribution is 5.89. The van der Waals surface area contributed by atoms with Gasteiger partial charge in [0, 0.05) is 11.0 Å². The highest BCUT2D eigenvalue weighted by Gasteiger charge is 2.22. The molecule has 0 aliphatic carbocycles. The number of amides is 1. The van der Waals surface area contributed by atoms with Gasteiger partial charge in [-0.25, -0.2) is 4.79 Å². The van der Waals surface area contributed by atoms with Gasteiger partial charge in [0.25, 0.3) is 0 Å². The maximum absolute atomic E-state index is 11.1. The van der Waals surface area contributed by atoms with E-state index in [-0.39, 0.29) is 6.09 Å². The molecule has 3 aromatic rings. The number of carbonyl (C=O) groups excluding carboxylic acids is 1. The molecule has 0 spiro atoms. The van der Waals surface area contributed by atoms with E-state index in [4.69, 9.17) is 9.26 Å². The van der Waals surface area contributed by atoms with E-state index in [1.54, 1.807) is 4.90 Å². The van der Waals surface area contributed by atoms with Crippen LogP contribution < -0.4 is 4.90 Å². The molecule has 106 valence electrons. The Balaban J connectivity index is 0.000000131. The molecular weight excluding hydrogens is 270 g/mol. The normalized spacial score (nSPS) is 13.7. The van der Waals surface area contributed by atoms with Crippen molar-refractivity contribution in [3.05, 3.63) is 54.6 Å². The van der Waals surface area contributed by atoms with Gasteiger partial charge < -0.3 is 9.26 Å². The molecule has 0 radical (unpaired) electrons. The van der Waals surface area contributed by atoms with Crippen LogP contribution in [-0.2, 0) is 4.74 Å². The Morgan fingerprint density at radius 1 is 1.00 bits per heavy atom. The average molecular weight is 283 g/mol. The van der Waals surface area contributed by atoms with E-state index in [1.165, 1.54) is 0 Å². The Bertz CT molecular complexity index is 697. The van der Waals surface area contributed by atoms with Crippen LogP contribution in [0.25, 0.3) is 11.1 Å². The third-order valence-corrected chi connectivity index (χ3v) is 2.98. The van der Waals surface area contributed by atoms with Crippen molar-refractivity contribution in [3.8, 4) is 0 Å². The quantitative estimate of drug-likeness (QED) is 0.687. The lowest BCUT2D eigenvalue weighted by atomic mass is 10.3. The highest BCUT2D eigenvalue weighted by atomic mass is 16.6. The van der Waals surface area contributed by atoms with Gasteiger partial charge in [0.1, 0.15) is 12.1 Å². The first-order chi connectivity index (χ1) is 10.3. The molecule has 1 amide bonds. The first kappa shape index (κ1) is 13.1. The Morgan fingerprint density at radius 2 is 1.76 bits per heavy atom. The molecule has 6 heteroatoms. The van der Waals surface area contributed by atoms with Gasteiger partial charge in [-0.05, 0) is 24.3 Å². The number of cyclic esters (lactones) is 1. The van der Waals surface area contributed by atoms with Gasteiger partial charge in [0.05, 0.1) is 6.54 Å². The van der Waals surface area contributed by atoms with Crippen LogP contribution in [-0.4, -0.2) is 29.6 Å². The first-order valence-electron chi connectivity index (χ1n) is 6.51. The first-order valence-corrected chi connectivity index (χ1v) is 6.51. The number of fused-ring (bicyclic) bond motifs is 1. The fourth-order valence-corrected chi connectivity index (χ4v) is 1.96. The van der Waals surface area contributed by atoms with E-state index in [9.17, 15) is 4.79 Å². The molecule has 1 saturated heterocycles. The van der Waals surface area contributed by atoms with Crippen molar-refractivity contribution in [1.29, 1.82) is 0 Å². The number of hydrogen-bond donors (Lipinski definition) is 0. The van der Waals surface area contributed by atoms with Crippen LogP contribution in [0, 0.1) is 0 Å². The molecule has 2 heterocycles. The van der Waals surface area contributed by atoms with Gasteiger partial charge in [0.2, 0.25) is 0 Å².